The molecule has 0 aromatic heterocycles. The molecule has 0 spiro atoms. The second kappa shape index (κ2) is 3.92. The number of nitrogens with one attached hydrogen (secondary N) is 1. The van der Waals surface area contributed by atoms with E-state index in [1.54, 1.807) is 13.8 Å². The lowest BCUT2D eigenvalue weighted by atomic mass is 10.2. The van der Waals surface area contributed by atoms with E-state index in [9.17, 15) is 13.2 Å². The van der Waals surface area contributed by atoms with Gasteiger partial charge in [-0.3, -0.25) is 0 Å². The van der Waals surface area contributed by atoms with Crippen LogP contribution in [-0.4, -0.2) is 30.0 Å². The minimum absolute atomic E-state index is 0.284. The van der Waals surface area contributed by atoms with Gasteiger partial charge in [-0.05, 0) is 0 Å². The lowest BCUT2D eigenvalue weighted by molar-refractivity contribution is -0.165. The molecule has 2 N–H and O–H groups in total. The minimum atomic E-state index is -4.36. The van der Waals surface area contributed by atoms with Crippen LogP contribution in [0.5, 0.6) is 0 Å². The van der Waals surface area contributed by atoms with Crippen molar-refractivity contribution in [3.63, 3.8) is 0 Å². The summed E-state index contributed by atoms with van der Waals surface area (Å²) in [5, 5.41) is 10.5. The van der Waals surface area contributed by atoms with Crippen molar-refractivity contribution < 1.29 is 18.3 Å². The number of aliphatic hydroxyl groups excluding tert-OH is 1. The van der Waals surface area contributed by atoms with Gasteiger partial charge in [0, 0.05) is 6.04 Å². The summed E-state index contributed by atoms with van der Waals surface area (Å²) >= 11 is 0. The first-order valence-corrected chi connectivity index (χ1v) is 3.31. The molecular formula is C6H12F3NO. The van der Waals surface area contributed by atoms with E-state index in [1.807, 2.05) is 0 Å². The molecule has 5 heteroatoms. The van der Waals surface area contributed by atoms with Gasteiger partial charge in [-0.25, -0.2) is 0 Å². The highest BCUT2D eigenvalue weighted by Crippen LogP contribution is 2.19. The quantitative estimate of drug-likeness (QED) is 0.661. The highest BCUT2D eigenvalue weighted by molar-refractivity contribution is 4.75. The van der Waals surface area contributed by atoms with Crippen molar-refractivity contribution in [2.75, 3.05) is 6.61 Å². The fraction of sp³-hybridized carbons (Fsp3) is 1.00. The van der Waals surface area contributed by atoms with Crippen molar-refractivity contribution in [3.05, 3.63) is 0 Å². The van der Waals surface area contributed by atoms with Crippen LogP contribution < -0.4 is 5.32 Å². The van der Waals surface area contributed by atoms with Gasteiger partial charge in [-0.2, -0.15) is 13.2 Å². The van der Waals surface area contributed by atoms with E-state index in [1.165, 1.54) is 0 Å². The molecule has 0 aliphatic carbocycles. The lowest BCUT2D eigenvalue weighted by Gasteiger charge is -2.21. The van der Waals surface area contributed by atoms with Crippen LogP contribution in [0.1, 0.15) is 13.8 Å². The van der Waals surface area contributed by atoms with E-state index < -0.39 is 18.8 Å². The first-order chi connectivity index (χ1) is 4.88. The largest absolute Gasteiger partial charge is 0.406 e. The van der Waals surface area contributed by atoms with Crippen LogP contribution >= 0.6 is 0 Å². The Balaban J connectivity index is 3.96. The van der Waals surface area contributed by atoms with E-state index >= 15 is 0 Å². The molecule has 0 fully saturated rings. The lowest BCUT2D eigenvalue weighted by Crippen LogP contribution is -2.47. The molecule has 2 nitrogen and oxygen atoms in total. The van der Waals surface area contributed by atoms with Crippen molar-refractivity contribution in [3.8, 4) is 0 Å². The van der Waals surface area contributed by atoms with E-state index in [0.29, 0.717) is 0 Å². The molecule has 0 rings (SSSR count). The molecule has 0 amide bonds. The number of halogens is 3. The highest BCUT2D eigenvalue weighted by atomic mass is 19.4. The number of hydrogen-bond acceptors (Lipinski definition) is 2. The van der Waals surface area contributed by atoms with Crippen LogP contribution in [0.3, 0.4) is 0 Å². The molecular weight excluding hydrogens is 159 g/mol. The Kier molecular flexibility index (Phi) is 3.82. The van der Waals surface area contributed by atoms with E-state index in [-0.39, 0.29) is 6.04 Å². The van der Waals surface area contributed by atoms with Crippen LogP contribution in [0.2, 0.25) is 0 Å². The maximum atomic E-state index is 11.9. The zero-order valence-corrected chi connectivity index (χ0v) is 6.44. The van der Waals surface area contributed by atoms with Crippen LogP contribution in [0, 0.1) is 0 Å². The summed E-state index contributed by atoms with van der Waals surface area (Å²) in [7, 11) is 0. The average molecular weight is 171 g/mol. The molecule has 68 valence electrons. The maximum Gasteiger partial charge on any atom is 0.406 e. The van der Waals surface area contributed by atoms with Crippen LogP contribution in [0.4, 0.5) is 13.2 Å². The topological polar surface area (TPSA) is 32.3 Å². The third-order valence-electron chi connectivity index (χ3n) is 1.11. The molecule has 0 saturated heterocycles. The van der Waals surface area contributed by atoms with Gasteiger partial charge in [0.2, 0.25) is 0 Å². The van der Waals surface area contributed by atoms with Gasteiger partial charge in [-0.1, -0.05) is 13.8 Å². The summed E-state index contributed by atoms with van der Waals surface area (Å²) < 4.78 is 35.6. The Morgan fingerprint density at radius 2 is 1.82 bits per heavy atom. The van der Waals surface area contributed by atoms with Gasteiger partial charge >= 0.3 is 6.18 Å². The summed E-state index contributed by atoms with van der Waals surface area (Å²) in [6, 6.07) is -2.09. The summed E-state index contributed by atoms with van der Waals surface area (Å²) in [5.74, 6) is 0. The highest BCUT2D eigenvalue weighted by Gasteiger charge is 2.39. The van der Waals surface area contributed by atoms with Gasteiger partial charge in [0.25, 0.3) is 0 Å². The zero-order chi connectivity index (χ0) is 9.07. The monoisotopic (exact) mass is 171 g/mol. The Hall–Kier alpha value is -0.290. The molecule has 0 heterocycles. The first-order valence-electron chi connectivity index (χ1n) is 3.31. The number of aliphatic hydroxyl groups is 1. The van der Waals surface area contributed by atoms with Crippen molar-refractivity contribution in [2.24, 2.45) is 0 Å². The summed E-state index contributed by atoms with van der Waals surface area (Å²) in [5.41, 5.74) is 0. The molecule has 0 aliphatic heterocycles. The van der Waals surface area contributed by atoms with Crippen molar-refractivity contribution in [1.29, 1.82) is 0 Å². The summed E-state index contributed by atoms with van der Waals surface area (Å²) in [6.07, 6.45) is -4.36. The van der Waals surface area contributed by atoms with Gasteiger partial charge in [-0.15, -0.1) is 0 Å². The van der Waals surface area contributed by atoms with Crippen LogP contribution in [0.25, 0.3) is 0 Å². The molecule has 11 heavy (non-hydrogen) atoms. The average Bonchev–Trinajstić information content (AvgIpc) is 1.79. The molecule has 0 aromatic rings. The third-order valence-corrected chi connectivity index (χ3v) is 1.11. The van der Waals surface area contributed by atoms with Crippen molar-refractivity contribution >= 4 is 0 Å². The standard InChI is InChI=1S/C6H12F3NO/c1-4(2)10-5(3-11)6(7,8)9/h4-5,10-11H,3H2,1-2H3. The normalized spacial score (nSPS) is 15.5. The zero-order valence-electron chi connectivity index (χ0n) is 6.44. The summed E-state index contributed by atoms with van der Waals surface area (Å²) in [6.45, 7) is 2.27. The summed E-state index contributed by atoms with van der Waals surface area (Å²) in [4.78, 5) is 0. The van der Waals surface area contributed by atoms with Crippen molar-refractivity contribution in [2.45, 2.75) is 32.1 Å². The first kappa shape index (κ1) is 10.7. The second-order valence-electron chi connectivity index (χ2n) is 2.60. The fourth-order valence-electron chi connectivity index (χ4n) is 0.653. The SMILES string of the molecule is CC(C)NC(CO)C(F)(F)F. The predicted molar refractivity (Wildman–Crippen MR) is 35.2 cm³/mol. The van der Waals surface area contributed by atoms with Gasteiger partial charge in [0.05, 0.1) is 6.61 Å². The van der Waals surface area contributed by atoms with Crippen LogP contribution in [-0.2, 0) is 0 Å². The van der Waals surface area contributed by atoms with E-state index in [0.717, 1.165) is 0 Å². The molecule has 0 bridgehead atoms. The Bertz CT molecular complexity index is 113. The molecule has 0 aromatic carbocycles. The van der Waals surface area contributed by atoms with E-state index in [4.69, 9.17) is 5.11 Å². The minimum Gasteiger partial charge on any atom is -0.394 e. The van der Waals surface area contributed by atoms with Gasteiger partial charge in [0.1, 0.15) is 6.04 Å². The third kappa shape index (κ3) is 4.21. The van der Waals surface area contributed by atoms with Gasteiger partial charge in [0.15, 0.2) is 0 Å². The Morgan fingerprint density at radius 3 is 1.91 bits per heavy atom. The van der Waals surface area contributed by atoms with E-state index in [2.05, 4.69) is 5.32 Å². The molecule has 1 atom stereocenters. The van der Waals surface area contributed by atoms with Crippen LogP contribution in [0.15, 0.2) is 0 Å². The molecule has 1 unspecified atom stereocenters. The smallest absolute Gasteiger partial charge is 0.394 e. The van der Waals surface area contributed by atoms with Crippen molar-refractivity contribution in [1.82, 2.24) is 5.32 Å². The molecule has 0 aliphatic rings. The number of alkyl halides is 3. The Morgan fingerprint density at radius 1 is 1.36 bits per heavy atom. The maximum absolute atomic E-state index is 11.9. The number of rotatable bonds is 3. The number of hydrogen-bond donors (Lipinski definition) is 2. The molecule has 0 saturated carbocycles. The second-order valence-corrected chi connectivity index (χ2v) is 2.60. The predicted octanol–water partition coefficient (Wildman–Crippen LogP) is 0.908. The molecule has 0 radical (unpaired) electrons. The van der Waals surface area contributed by atoms with Gasteiger partial charge < -0.3 is 10.4 Å². The Labute approximate surface area is 63.4 Å². The fourth-order valence-corrected chi connectivity index (χ4v) is 0.653.